The van der Waals surface area contributed by atoms with E-state index in [-0.39, 0.29) is 17.7 Å². The SMILES string of the molecule is CC(C)c1ccc(C(NC(=O)CSc2nnc(-c3cccs3)n2C)c2cccs2)cc1. The summed E-state index contributed by atoms with van der Waals surface area (Å²) in [7, 11) is 1.93. The van der Waals surface area contributed by atoms with Crippen LogP contribution in [0.15, 0.2) is 64.4 Å². The number of thioether (sulfide) groups is 1. The third kappa shape index (κ3) is 5.08. The molecule has 0 aliphatic carbocycles. The zero-order valence-corrected chi connectivity index (χ0v) is 20.1. The molecule has 31 heavy (non-hydrogen) atoms. The molecule has 4 rings (SSSR count). The molecule has 0 aliphatic heterocycles. The van der Waals surface area contributed by atoms with Crippen molar-refractivity contribution in [3.8, 4) is 10.7 Å². The third-order valence-corrected chi connectivity index (χ3v) is 7.80. The van der Waals surface area contributed by atoms with Crippen LogP contribution in [0.4, 0.5) is 0 Å². The van der Waals surface area contributed by atoms with Crippen molar-refractivity contribution in [1.82, 2.24) is 20.1 Å². The molecule has 1 amide bonds. The lowest BCUT2D eigenvalue weighted by molar-refractivity contribution is -0.119. The summed E-state index contributed by atoms with van der Waals surface area (Å²) >= 11 is 4.67. The summed E-state index contributed by atoms with van der Waals surface area (Å²) in [5, 5.41) is 16.5. The minimum Gasteiger partial charge on any atom is -0.344 e. The summed E-state index contributed by atoms with van der Waals surface area (Å²) in [4.78, 5) is 15.0. The molecular formula is C23H24N4OS3. The van der Waals surface area contributed by atoms with Crippen LogP contribution in [0.3, 0.4) is 0 Å². The smallest absolute Gasteiger partial charge is 0.231 e. The van der Waals surface area contributed by atoms with Gasteiger partial charge in [-0.25, -0.2) is 0 Å². The van der Waals surface area contributed by atoms with Crippen LogP contribution >= 0.6 is 34.4 Å². The zero-order chi connectivity index (χ0) is 21.8. The number of hydrogen-bond donors (Lipinski definition) is 1. The molecule has 0 fully saturated rings. The van der Waals surface area contributed by atoms with E-state index < -0.39 is 0 Å². The summed E-state index contributed by atoms with van der Waals surface area (Å²) in [6, 6.07) is 16.5. The molecule has 4 aromatic rings. The summed E-state index contributed by atoms with van der Waals surface area (Å²) in [5.41, 5.74) is 2.38. The van der Waals surface area contributed by atoms with E-state index in [1.165, 1.54) is 17.3 Å². The van der Waals surface area contributed by atoms with Crippen molar-refractivity contribution in [2.75, 3.05) is 5.75 Å². The van der Waals surface area contributed by atoms with E-state index in [9.17, 15) is 4.79 Å². The normalized spacial score (nSPS) is 12.3. The highest BCUT2D eigenvalue weighted by atomic mass is 32.2. The standard InChI is InChI=1S/C23H24N4OS3/c1-15(2)16-8-10-17(11-9-16)21(18-6-4-12-29-18)24-20(28)14-31-23-26-25-22(27(23)3)19-7-5-13-30-19/h4-13,15,21H,14H2,1-3H3,(H,24,28). The van der Waals surface area contributed by atoms with E-state index in [4.69, 9.17) is 0 Å². The number of thiophene rings is 2. The quantitative estimate of drug-likeness (QED) is 0.336. The summed E-state index contributed by atoms with van der Waals surface area (Å²) in [6.07, 6.45) is 0. The molecule has 5 nitrogen and oxygen atoms in total. The van der Waals surface area contributed by atoms with Crippen LogP contribution in [0.1, 0.15) is 41.8 Å². The van der Waals surface area contributed by atoms with Crippen molar-refractivity contribution < 1.29 is 4.79 Å². The molecule has 0 radical (unpaired) electrons. The first-order valence-corrected chi connectivity index (χ1v) is 12.8. The average molecular weight is 469 g/mol. The van der Waals surface area contributed by atoms with Gasteiger partial charge in [-0.05, 0) is 39.9 Å². The number of carbonyl (C=O) groups excluding carboxylic acids is 1. The number of amides is 1. The predicted molar refractivity (Wildman–Crippen MR) is 130 cm³/mol. The predicted octanol–water partition coefficient (Wildman–Crippen LogP) is 5.73. The second-order valence-corrected chi connectivity index (χ2v) is 10.3. The number of rotatable bonds is 8. The van der Waals surface area contributed by atoms with Crippen LogP contribution in [0.25, 0.3) is 10.7 Å². The molecule has 0 bridgehead atoms. The number of hydrogen-bond acceptors (Lipinski definition) is 6. The highest BCUT2D eigenvalue weighted by molar-refractivity contribution is 7.99. The van der Waals surface area contributed by atoms with Crippen molar-refractivity contribution in [2.24, 2.45) is 7.05 Å². The van der Waals surface area contributed by atoms with Crippen LogP contribution in [0.2, 0.25) is 0 Å². The number of carbonyl (C=O) groups is 1. The summed E-state index contributed by atoms with van der Waals surface area (Å²) < 4.78 is 1.94. The average Bonchev–Trinajstić information content (AvgIpc) is 3.53. The first-order valence-electron chi connectivity index (χ1n) is 10.0. The second kappa shape index (κ2) is 9.80. The molecule has 0 saturated heterocycles. The van der Waals surface area contributed by atoms with Crippen LogP contribution in [-0.2, 0) is 11.8 Å². The van der Waals surface area contributed by atoms with Crippen molar-refractivity contribution in [3.63, 3.8) is 0 Å². The maximum absolute atomic E-state index is 12.8. The molecule has 160 valence electrons. The fourth-order valence-corrected chi connectivity index (χ4v) is 5.51. The Balaban J connectivity index is 1.45. The topological polar surface area (TPSA) is 59.8 Å². The van der Waals surface area contributed by atoms with Crippen LogP contribution in [-0.4, -0.2) is 26.4 Å². The highest BCUT2D eigenvalue weighted by Gasteiger charge is 2.19. The number of aromatic nitrogens is 3. The molecule has 1 aromatic carbocycles. The summed E-state index contributed by atoms with van der Waals surface area (Å²) in [6.45, 7) is 4.36. The molecular weight excluding hydrogens is 444 g/mol. The van der Waals surface area contributed by atoms with E-state index in [0.29, 0.717) is 5.92 Å². The monoisotopic (exact) mass is 468 g/mol. The Kier molecular flexibility index (Phi) is 6.89. The van der Waals surface area contributed by atoms with Gasteiger partial charge in [-0.1, -0.05) is 62.0 Å². The Morgan fingerprint density at radius 2 is 1.74 bits per heavy atom. The van der Waals surface area contributed by atoms with Crippen LogP contribution in [0, 0.1) is 0 Å². The minimum atomic E-state index is -0.157. The van der Waals surface area contributed by atoms with E-state index in [1.807, 2.05) is 40.6 Å². The summed E-state index contributed by atoms with van der Waals surface area (Å²) in [5.74, 6) is 1.55. The second-order valence-electron chi connectivity index (χ2n) is 7.47. The molecule has 1 N–H and O–H groups in total. The fourth-order valence-electron chi connectivity index (χ4n) is 3.24. The number of nitrogens with zero attached hydrogens (tertiary/aromatic N) is 3. The van der Waals surface area contributed by atoms with Gasteiger partial charge < -0.3 is 9.88 Å². The lowest BCUT2D eigenvalue weighted by Crippen LogP contribution is -2.30. The van der Waals surface area contributed by atoms with Gasteiger partial charge in [-0.15, -0.1) is 32.9 Å². The Labute approximate surface area is 194 Å². The fraction of sp³-hybridized carbons (Fsp3) is 0.261. The van der Waals surface area contributed by atoms with Gasteiger partial charge in [0.1, 0.15) is 0 Å². The Morgan fingerprint density at radius 1 is 1.03 bits per heavy atom. The van der Waals surface area contributed by atoms with Gasteiger partial charge >= 0.3 is 0 Å². The molecule has 0 aliphatic rings. The lowest BCUT2D eigenvalue weighted by atomic mass is 9.98. The van der Waals surface area contributed by atoms with E-state index in [0.717, 1.165) is 26.3 Å². The first-order chi connectivity index (χ1) is 15.0. The highest BCUT2D eigenvalue weighted by Crippen LogP contribution is 2.29. The van der Waals surface area contributed by atoms with Crippen LogP contribution in [0.5, 0.6) is 0 Å². The third-order valence-electron chi connectivity index (χ3n) is 4.98. The van der Waals surface area contributed by atoms with Crippen LogP contribution < -0.4 is 5.32 Å². The number of benzene rings is 1. The van der Waals surface area contributed by atoms with Gasteiger partial charge in [0.15, 0.2) is 11.0 Å². The molecule has 0 spiro atoms. The van der Waals surface area contributed by atoms with Gasteiger partial charge in [-0.2, -0.15) is 0 Å². The first kappa shape index (κ1) is 21.8. The maximum Gasteiger partial charge on any atom is 0.231 e. The lowest BCUT2D eigenvalue weighted by Gasteiger charge is -2.19. The van der Waals surface area contributed by atoms with Crippen molar-refractivity contribution in [2.45, 2.75) is 31.0 Å². The number of nitrogens with one attached hydrogen (secondary N) is 1. The molecule has 3 aromatic heterocycles. The molecule has 1 unspecified atom stereocenters. The van der Waals surface area contributed by atoms with Gasteiger partial charge in [0, 0.05) is 11.9 Å². The van der Waals surface area contributed by atoms with Crippen molar-refractivity contribution >= 4 is 40.3 Å². The van der Waals surface area contributed by atoms with Gasteiger partial charge in [0.05, 0.1) is 16.7 Å². The zero-order valence-electron chi connectivity index (χ0n) is 17.6. The largest absolute Gasteiger partial charge is 0.344 e. The molecule has 8 heteroatoms. The van der Waals surface area contributed by atoms with Gasteiger partial charge in [0.2, 0.25) is 5.91 Å². The van der Waals surface area contributed by atoms with Crippen molar-refractivity contribution in [3.05, 3.63) is 75.3 Å². The minimum absolute atomic E-state index is 0.0305. The van der Waals surface area contributed by atoms with E-state index in [1.54, 1.807) is 22.7 Å². The molecule has 3 heterocycles. The Morgan fingerprint density at radius 3 is 2.39 bits per heavy atom. The maximum atomic E-state index is 12.8. The Bertz CT molecular complexity index is 1120. The van der Waals surface area contributed by atoms with E-state index in [2.05, 4.69) is 59.7 Å². The van der Waals surface area contributed by atoms with Crippen molar-refractivity contribution in [1.29, 1.82) is 0 Å². The Hall–Kier alpha value is -2.42. The van der Waals surface area contributed by atoms with Gasteiger partial charge in [-0.3, -0.25) is 4.79 Å². The molecule has 1 atom stereocenters. The van der Waals surface area contributed by atoms with E-state index >= 15 is 0 Å². The van der Waals surface area contributed by atoms with Gasteiger partial charge in [0.25, 0.3) is 0 Å². The molecule has 0 saturated carbocycles.